The number of halogens is 6. The lowest BCUT2D eigenvalue weighted by molar-refractivity contribution is 0.187. The van der Waals surface area contributed by atoms with Gasteiger partial charge in [0.1, 0.15) is 0 Å². The second-order valence-corrected chi connectivity index (χ2v) is 9.56. The highest BCUT2D eigenvalue weighted by atomic mass is 35.6. The normalized spacial score (nSPS) is 21.9. The Kier molecular flexibility index (Phi) is 5.88. The van der Waals surface area contributed by atoms with E-state index in [1.54, 1.807) is 0 Å². The highest BCUT2D eigenvalue weighted by molar-refractivity contribution is 7.60. The van der Waals surface area contributed by atoms with Crippen molar-refractivity contribution in [1.29, 1.82) is 0 Å². The predicted molar refractivity (Wildman–Crippen MR) is 62.4 cm³/mol. The van der Waals surface area contributed by atoms with Gasteiger partial charge in [0, 0.05) is 0 Å². The molecule has 0 aliphatic rings. The summed E-state index contributed by atoms with van der Waals surface area (Å²) in [6, 6.07) is 0. The van der Waals surface area contributed by atoms with Crippen LogP contribution in [0.3, 0.4) is 0 Å². The number of aliphatic hydroxyl groups excluding tert-OH is 2. The van der Waals surface area contributed by atoms with E-state index in [-0.39, 0.29) is 0 Å². The molecule has 0 aromatic rings. The molecule has 0 amide bonds. The molecule has 2 atom stereocenters. The van der Waals surface area contributed by atoms with Crippen molar-refractivity contribution < 1.29 is 19.7 Å². The maximum atomic E-state index is 11.5. The molecule has 0 aromatic carbocycles. The van der Waals surface area contributed by atoms with Gasteiger partial charge in [0.05, 0.1) is 0 Å². The molecule has 0 saturated carbocycles. The SMILES string of the molecule is O=P(O)(C(O)C(Cl)(Cl)Cl)C(O)C(Cl)(Cl)Cl. The Labute approximate surface area is 115 Å². The fourth-order valence-electron chi connectivity index (χ4n) is 0.553. The monoisotopic (exact) mass is 358 g/mol. The van der Waals surface area contributed by atoms with Crippen LogP contribution in [0.5, 0.6) is 0 Å². The third-order valence-corrected chi connectivity index (χ3v) is 5.62. The predicted octanol–water partition coefficient (Wildman–Crippen LogP) is 2.63. The van der Waals surface area contributed by atoms with Gasteiger partial charge in [0.15, 0.2) is 11.7 Å². The zero-order chi connectivity index (χ0) is 12.7. The Morgan fingerprint density at radius 3 is 1.20 bits per heavy atom. The first kappa shape index (κ1) is 16.9. The van der Waals surface area contributed by atoms with E-state index >= 15 is 0 Å². The number of hydrogen-bond donors (Lipinski definition) is 3. The van der Waals surface area contributed by atoms with Crippen LogP contribution >= 0.6 is 77.0 Å². The zero-order valence-corrected chi connectivity index (χ0v) is 12.0. The number of hydrogen-bond acceptors (Lipinski definition) is 3. The minimum atomic E-state index is -4.80. The lowest BCUT2D eigenvalue weighted by Gasteiger charge is -2.30. The van der Waals surface area contributed by atoms with Crippen LogP contribution in [0.4, 0.5) is 0 Å². The quantitative estimate of drug-likeness (QED) is 0.522. The minimum absolute atomic E-state index is 2.37. The van der Waals surface area contributed by atoms with E-state index < -0.39 is 26.6 Å². The van der Waals surface area contributed by atoms with Gasteiger partial charge in [-0.3, -0.25) is 4.57 Å². The van der Waals surface area contributed by atoms with E-state index in [1.807, 2.05) is 0 Å². The largest absolute Gasteiger partial charge is 0.379 e. The standard InChI is InChI=1S/C4H5Cl6O4P/c5-3(6,7)1(11)15(13,14)2(12)4(8,9)10/h1-2,11-12H,(H,13,14). The zero-order valence-electron chi connectivity index (χ0n) is 6.62. The molecule has 0 heterocycles. The van der Waals surface area contributed by atoms with Crippen molar-refractivity contribution in [2.24, 2.45) is 0 Å². The second kappa shape index (κ2) is 5.23. The molecule has 0 saturated heterocycles. The van der Waals surface area contributed by atoms with Gasteiger partial charge >= 0.3 is 0 Å². The van der Waals surface area contributed by atoms with Crippen molar-refractivity contribution in [3.8, 4) is 0 Å². The highest BCUT2D eigenvalue weighted by Gasteiger charge is 2.54. The third kappa shape index (κ3) is 4.55. The van der Waals surface area contributed by atoms with Crippen molar-refractivity contribution in [3.05, 3.63) is 0 Å². The molecule has 92 valence electrons. The van der Waals surface area contributed by atoms with Crippen LogP contribution in [0.1, 0.15) is 0 Å². The third-order valence-electron chi connectivity index (χ3n) is 1.29. The van der Waals surface area contributed by atoms with E-state index in [0.717, 1.165) is 0 Å². The first-order valence-corrected chi connectivity index (χ1v) is 7.19. The molecule has 0 bridgehead atoms. The summed E-state index contributed by atoms with van der Waals surface area (Å²) in [7, 11) is -4.80. The number of alkyl halides is 6. The number of rotatable bonds is 2. The van der Waals surface area contributed by atoms with Crippen molar-refractivity contribution in [2.45, 2.75) is 19.3 Å². The molecule has 4 nitrogen and oxygen atoms in total. The molecule has 0 aromatic heterocycles. The van der Waals surface area contributed by atoms with E-state index in [0.29, 0.717) is 0 Å². The molecule has 2 unspecified atom stereocenters. The Bertz CT molecular complexity index is 247. The maximum Gasteiger partial charge on any atom is 0.264 e. The van der Waals surface area contributed by atoms with E-state index in [1.165, 1.54) is 0 Å². The van der Waals surface area contributed by atoms with Gasteiger partial charge in [-0.1, -0.05) is 69.6 Å². The van der Waals surface area contributed by atoms with Crippen LogP contribution < -0.4 is 0 Å². The summed E-state index contributed by atoms with van der Waals surface area (Å²) >= 11 is 31.0. The van der Waals surface area contributed by atoms with Gasteiger partial charge in [0.25, 0.3) is 7.37 Å². The molecule has 0 radical (unpaired) electrons. The molecule has 0 aliphatic heterocycles. The summed E-state index contributed by atoms with van der Waals surface area (Å²) in [6.45, 7) is 0. The van der Waals surface area contributed by atoms with Crippen molar-refractivity contribution in [2.75, 3.05) is 0 Å². The van der Waals surface area contributed by atoms with Gasteiger partial charge in [-0.2, -0.15) is 0 Å². The Balaban J connectivity index is 5.08. The van der Waals surface area contributed by atoms with Gasteiger partial charge in [-0.25, -0.2) is 0 Å². The van der Waals surface area contributed by atoms with Gasteiger partial charge in [-0.15, -0.1) is 0 Å². The average molecular weight is 361 g/mol. The maximum absolute atomic E-state index is 11.5. The summed E-state index contributed by atoms with van der Waals surface area (Å²) < 4.78 is 6.49. The fraction of sp³-hybridized carbons (Fsp3) is 1.00. The van der Waals surface area contributed by atoms with Crippen LogP contribution in [-0.4, -0.2) is 34.4 Å². The lowest BCUT2D eigenvalue weighted by atomic mass is 10.8. The summed E-state index contributed by atoms with van der Waals surface area (Å²) in [4.78, 5) is 9.27. The van der Waals surface area contributed by atoms with Crippen LogP contribution in [0, 0.1) is 0 Å². The summed E-state index contributed by atoms with van der Waals surface area (Å²) in [5.41, 5.74) is 0. The molecule has 0 spiro atoms. The lowest BCUT2D eigenvalue weighted by Crippen LogP contribution is -2.35. The highest BCUT2D eigenvalue weighted by Crippen LogP contribution is 2.61. The van der Waals surface area contributed by atoms with E-state index in [4.69, 9.17) is 69.6 Å². The Morgan fingerprint density at radius 2 is 1.07 bits per heavy atom. The van der Waals surface area contributed by atoms with Crippen LogP contribution in [0.25, 0.3) is 0 Å². The fourth-order valence-corrected chi connectivity index (χ4v) is 4.18. The Morgan fingerprint density at radius 1 is 0.867 bits per heavy atom. The van der Waals surface area contributed by atoms with Gasteiger partial charge in [-0.05, 0) is 0 Å². The van der Waals surface area contributed by atoms with Crippen LogP contribution in [0.15, 0.2) is 0 Å². The van der Waals surface area contributed by atoms with Crippen LogP contribution in [0.2, 0.25) is 0 Å². The van der Waals surface area contributed by atoms with Crippen LogP contribution in [-0.2, 0) is 4.57 Å². The average Bonchev–Trinajstić information content (AvgIpc) is 1.98. The Hall–Kier alpha value is 1.85. The van der Waals surface area contributed by atoms with Crippen molar-refractivity contribution >= 4 is 77.0 Å². The molecular formula is C4H5Cl6O4P. The van der Waals surface area contributed by atoms with E-state index in [2.05, 4.69) is 0 Å². The molecule has 0 fully saturated rings. The topological polar surface area (TPSA) is 77.8 Å². The molecule has 15 heavy (non-hydrogen) atoms. The van der Waals surface area contributed by atoms with Crippen molar-refractivity contribution in [3.63, 3.8) is 0 Å². The summed E-state index contributed by atoms with van der Waals surface area (Å²) in [5.74, 6) is -4.75. The molecule has 3 N–H and O–H groups in total. The van der Waals surface area contributed by atoms with Crippen molar-refractivity contribution in [1.82, 2.24) is 0 Å². The molecule has 0 rings (SSSR count). The smallest absolute Gasteiger partial charge is 0.264 e. The van der Waals surface area contributed by atoms with Gasteiger partial charge < -0.3 is 15.1 Å². The molecule has 0 aliphatic carbocycles. The summed E-state index contributed by atoms with van der Waals surface area (Å²) in [5, 5.41) is 18.4. The van der Waals surface area contributed by atoms with Gasteiger partial charge in [0.2, 0.25) is 7.59 Å². The van der Waals surface area contributed by atoms with E-state index in [9.17, 15) is 19.7 Å². The first-order chi connectivity index (χ1) is 6.31. The second-order valence-electron chi connectivity index (χ2n) is 2.50. The first-order valence-electron chi connectivity index (χ1n) is 3.13. The molecule has 11 heteroatoms. The summed E-state index contributed by atoms with van der Waals surface area (Å²) in [6.07, 6.45) is 0. The minimum Gasteiger partial charge on any atom is -0.379 e. The number of aliphatic hydroxyl groups is 2. The molecular weight excluding hydrogens is 356 g/mol.